The SMILES string of the molecule is Cl.O=S(=O)(CCCC1CCCN1S(=O)(=O)c1ccc2ccccc2c1)N1CCN(c2ccncc2)CC1. The summed E-state index contributed by atoms with van der Waals surface area (Å²) in [5, 5.41) is 1.89. The molecule has 11 heteroatoms. The second-order valence-electron chi connectivity index (χ2n) is 9.47. The lowest BCUT2D eigenvalue weighted by Gasteiger charge is -2.35. The smallest absolute Gasteiger partial charge is 0.243 e. The Kier molecular flexibility index (Phi) is 8.75. The molecule has 3 heterocycles. The van der Waals surface area contributed by atoms with E-state index in [1.165, 1.54) is 0 Å². The number of sulfonamides is 2. The lowest BCUT2D eigenvalue weighted by atomic mass is 10.1. The molecule has 8 nitrogen and oxygen atoms in total. The molecular weight excluding hydrogens is 532 g/mol. The summed E-state index contributed by atoms with van der Waals surface area (Å²) in [5.74, 6) is 0.0443. The van der Waals surface area contributed by atoms with Gasteiger partial charge in [-0.3, -0.25) is 4.98 Å². The van der Waals surface area contributed by atoms with Crippen LogP contribution in [0.5, 0.6) is 0 Å². The van der Waals surface area contributed by atoms with Crippen molar-refractivity contribution in [1.82, 2.24) is 13.6 Å². The van der Waals surface area contributed by atoms with Gasteiger partial charge >= 0.3 is 0 Å². The molecule has 0 N–H and O–H groups in total. The third-order valence-corrected chi connectivity index (χ3v) is 11.2. The van der Waals surface area contributed by atoms with Crippen molar-refractivity contribution in [3.63, 3.8) is 0 Å². The zero-order valence-corrected chi connectivity index (χ0v) is 23.1. The summed E-state index contributed by atoms with van der Waals surface area (Å²) in [7, 11) is -7.02. The molecule has 0 radical (unpaired) electrons. The van der Waals surface area contributed by atoms with Crippen LogP contribution in [0.15, 0.2) is 71.9 Å². The molecule has 3 aromatic rings. The molecule has 5 rings (SSSR count). The van der Waals surface area contributed by atoms with Gasteiger partial charge in [0.1, 0.15) is 0 Å². The number of rotatable bonds is 8. The van der Waals surface area contributed by atoms with E-state index < -0.39 is 20.0 Å². The summed E-state index contributed by atoms with van der Waals surface area (Å²) in [6.07, 6.45) is 6.03. The van der Waals surface area contributed by atoms with Crippen LogP contribution in [0.25, 0.3) is 10.8 Å². The molecule has 2 aliphatic heterocycles. The standard InChI is InChI=1S/C26H32N4O4S2.ClH/c31-35(32,29-18-16-28(17-19-29)24-11-13-27-14-12-24)20-4-8-25-7-3-15-30(25)36(33,34)26-10-9-22-5-1-2-6-23(22)21-26;/h1-2,5-6,9-14,21,25H,3-4,7-8,15-20H2;1H. The van der Waals surface area contributed by atoms with E-state index >= 15 is 0 Å². The predicted molar refractivity (Wildman–Crippen MR) is 149 cm³/mol. The molecular formula is C26H33ClN4O4S2. The molecule has 37 heavy (non-hydrogen) atoms. The van der Waals surface area contributed by atoms with Gasteiger partial charge in [-0.25, -0.2) is 16.8 Å². The Bertz CT molecular complexity index is 1410. The number of nitrogens with zero attached hydrogens (tertiary/aromatic N) is 4. The van der Waals surface area contributed by atoms with Gasteiger partial charge in [-0.15, -0.1) is 12.4 Å². The molecule has 2 aromatic carbocycles. The molecule has 0 spiro atoms. The molecule has 0 saturated carbocycles. The van der Waals surface area contributed by atoms with Crippen LogP contribution in [0.4, 0.5) is 5.69 Å². The van der Waals surface area contributed by atoms with Gasteiger partial charge in [-0.2, -0.15) is 8.61 Å². The quantitative estimate of drug-likeness (QED) is 0.414. The van der Waals surface area contributed by atoms with Crippen molar-refractivity contribution in [3.8, 4) is 0 Å². The van der Waals surface area contributed by atoms with E-state index in [2.05, 4.69) is 9.88 Å². The highest BCUT2D eigenvalue weighted by atomic mass is 35.5. The maximum atomic E-state index is 13.4. The van der Waals surface area contributed by atoms with E-state index in [0.717, 1.165) is 29.3 Å². The van der Waals surface area contributed by atoms with Crippen molar-refractivity contribution < 1.29 is 16.8 Å². The van der Waals surface area contributed by atoms with Gasteiger partial charge in [0, 0.05) is 56.8 Å². The molecule has 0 bridgehead atoms. The second-order valence-corrected chi connectivity index (χ2v) is 13.4. The highest BCUT2D eigenvalue weighted by Crippen LogP contribution is 2.30. The first-order valence-corrected chi connectivity index (χ1v) is 15.5. The lowest BCUT2D eigenvalue weighted by molar-refractivity contribution is 0.363. The van der Waals surface area contributed by atoms with Crippen LogP contribution < -0.4 is 4.90 Å². The fraction of sp³-hybridized carbons (Fsp3) is 0.423. The fourth-order valence-electron chi connectivity index (χ4n) is 5.29. The first kappa shape index (κ1) is 27.8. The molecule has 2 saturated heterocycles. The summed E-state index contributed by atoms with van der Waals surface area (Å²) in [4.78, 5) is 6.50. The number of halogens is 1. The first-order valence-electron chi connectivity index (χ1n) is 12.5. The van der Waals surface area contributed by atoms with Gasteiger partial charge in [-0.05, 0) is 60.7 Å². The van der Waals surface area contributed by atoms with E-state index in [-0.39, 0.29) is 24.2 Å². The van der Waals surface area contributed by atoms with Gasteiger partial charge in [0.25, 0.3) is 0 Å². The number of piperazine rings is 1. The van der Waals surface area contributed by atoms with Gasteiger partial charge in [-0.1, -0.05) is 30.3 Å². The minimum atomic E-state index is -3.63. The third-order valence-electron chi connectivity index (χ3n) is 7.25. The Labute approximate surface area is 225 Å². The average Bonchev–Trinajstić information content (AvgIpc) is 3.38. The number of benzene rings is 2. The van der Waals surface area contributed by atoms with Gasteiger partial charge in [0.2, 0.25) is 20.0 Å². The van der Waals surface area contributed by atoms with Crippen LogP contribution in [-0.4, -0.2) is 74.9 Å². The van der Waals surface area contributed by atoms with E-state index in [0.29, 0.717) is 50.5 Å². The number of hydrogen-bond acceptors (Lipinski definition) is 6. The summed E-state index contributed by atoms with van der Waals surface area (Å²) in [5.41, 5.74) is 1.05. The summed E-state index contributed by atoms with van der Waals surface area (Å²) in [6, 6.07) is 16.7. The van der Waals surface area contributed by atoms with Crippen LogP contribution in [0.2, 0.25) is 0 Å². The molecule has 1 unspecified atom stereocenters. The first-order chi connectivity index (χ1) is 17.3. The van der Waals surface area contributed by atoms with Crippen molar-refractivity contribution in [2.24, 2.45) is 0 Å². The minimum Gasteiger partial charge on any atom is -0.369 e. The Hall–Kier alpha value is -2.24. The number of pyridine rings is 1. The average molecular weight is 565 g/mol. The zero-order valence-electron chi connectivity index (χ0n) is 20.6. The molecule has 0 amide bonds. The van der Waals surface area contributed by atoms with E-state index in [1.54, 1.807) is 33.1 Å². The van der Waals surface area contributed by atoms with Crippen LogP contribution in [0, 0.1) is 0 Å². The van der Waals surface area contributed by atoms with E-state index in [4.69, 9.17) is 0 Å². The Morgan fingerprint density at radius 2 is 1.54 bits per heavy atom. The van der Waals surface area contributed by atoms with Crippen molar-refractivity contribution in [2.75, 3.05) is 43.4 Å². The van der Waals surface area contributed by atoms with Gasteiger partial charge in [0.05, 0.1) is 10.6 Å². The number of aromatic nitrogens is 1. The van der Waals surface area contributed by atoms with Crippen LogP contribution in [0.1, 0.15) is 25.7 Å². The number of hydrogen-bond donors (Lipinski definition) is 0. The van der Waals surface area contributed by atoms with Crippen molar-refractivity contribution in [3.05, 3.63) is 67.0 Å². The molecule has 2 aliphatic rings. The maximum Gasteiger partial charge on any atom is 0.243 e. The van der Waals surface area contributed by atoms with Crippen molar-refractivity contribution in [1.29, 1.82) is 0 Å². The summed E-state index contributed by atoms with van der Waals surface area (Å²) >= 11 is 0. The monoisotopic (exact) mass is 564 g/mol. The molecule has 200 valence electrons. The van der Waals surface area contributed by atoms with Crippen molar-refractivity contribution in [2.45, 2.75) is 36.6 Å². The molecule has 2 fully saturated rings. The lowest BCUT2D eigenvalue weighted by Crippen LogP contribution is -2.49. The molecule has 0 aliphatic carbocycles. The van der Waals surface area contributed by atoms with Gasteiger partial charge < -0.3 is 4.90 Å². The Morgan fingerprint density at radius 1 is 0.838 bits per heavy atom. The van der Waals surface area contributed by atoms with E-state index in [9.17, 15) is 16.8 Å². The zero-order chi connectivity index (χ0) is 25.2. The predicted octanol–water partition coefficient (Wildman–Crippen LogP) is 3.74. The number of fused-ring (bicyclic) bond motifs is 1. The fourth-order valence-corrected chi connectivity index (χ4v) is 8.56. The topological polar surface area (TPSA) is 90.9 Å². The highest BCUT2D eigenvalue weighted by Gasteiger charge is 2.35. The van der Waals surface area contributed by atoms with Crippen LogP contribution in [0.3, 0.4) is 0 Å². The summed E-state index contributed by atoms with van der Waals surface area (Å²) < 4.78 is 56.0. The van der Waals surface area contributed by atoms with Crippen molar-refractivity contribution >= 4 is 48.9 Å². The van der Waals surface area contributed by atoms with Crippen LogP contribution in [-0.2, 0) is 20.0 Å². The highest BCUT2D eigenvalue weighted by molar-refractivity contribution is 7.89. The summed E-state index contributed by atoms with van der Waals surface area (Å²) in [6.45, 7) is 2.67. The Morgan fingerprint density at radius 3 is 2.27 bits per heavy atom. The minimum absolute atomic E-state index is 0. The molecule has 1 atom stereocenters. The third kappa shape index (κ3) is 6.09. The molecule has 1 aromatic heterocycles. The van der Waals surface area contributed by atoms with Crippen LogP contribution >= 0.6 is 12.4 Å². The maximum absolute atomic E-state index is 13.4. The largest absolute Gasteiger partial charge is 0.369 e. The van der Waals surface area contributed by atoms with Gasteiger partial charge in [0.15, 0.2) is 0 Å². The normalized spacial score (nSPS) is 19.7. The van der Waals surface area contributed by atoms with E-state index in [1.807, 2.05) is 42.5 Å². The number of anilines is 1. The Balaban J connectivity index is 0.00000320. The second kappa shape index (κ2) is 11.7.